The van der Waals surface area contributed by atoms with E-state index in [1.165, 1.54) is 24.0 Å². The van der Waals surface area contributed by atoms with Gasteiger partial charge in [0.2, 0.25) is 0 Å². The zero-order valence-electron chi connectivity index (χ0n) is 13.4. The van der Waals surface area contributed by atoms with E-state index in [0.717, 1.165) is 12.8 Å². The third-order valence-corrected chi connectivity index (χ3v) is 4.51. The smallest absolute Gasteiger partial charge is 0.0976 e. The van der Waals surface area contributed by atoms with Crippen LogP contribution in [0.1, 0.15) is 63.7 Å². The van der Waals surface area contributed by atoms with Crippen LogP contribution >= 0.6 is 0 Å². The van der Waals surface area contributed by atoms with E-state index in [9.17, 15) is 0 Å². The quantitative estimate of drug-likeness (QED) is 0.885. The maximum absolute atomic E-state index is 6.35. The Morgan fingerprint density at radius 1 is 1.15 bits per heavy atom. The van der Waals surface area contributed by atoms with Crippen molar-refractivity contribution in [2.45, 2.75) is 71.6 Å². The molecule has 0 spiro atoms. The van der Waals surface area contributed by atoms with Crippen LogP contribution in [0.3, 0.4) is 0 Å². The molecule has 2 heteroatoms. The summed E-state index contributed by atoms with van der Waals surface area (Å²) in [6.45, 7) is 8.85. The van der Waals surface area contributed by atoms with Gasteiger partial charge in [0.25, 0.3) is 0 Å². The molecule has 0 aliphatic heterocycles. The fourth-order valence-corrected chi connectivity index (χ4v) is 2.98. The molecule has 0 heterocycles. The third kappa shape index (κ3) is 4.07. The Kier molecular flexibility index (Phi) is 4.87. The maximum Gasteiger partial charge on any atom is 0.0976 e. The first-order valence-corrected chi connectivity index (χ1v) is 7.85. The molecule has 2 unspecified atom stereocenters. The largest absolute Gasteiger partial charge is 0.369 e. The minimum absolute atomic E-state index is 0.0156. The second-order valence-corrected chi connectivity index (χ2v) is 7.19. The van der Waals surface area contributed by atoms with Gasteiger partial charge in [-0.25, -0.2) is 0 Å². The third-order valence-electron chi connectivity index (χ3n) is 4.51. The molecule has 1 aliphatic rings. The normalized spacial score (nSPS) is 22.4. The zero-order valence-corrected chi connectivity index (χ0v) is 13.4. The van der Waals surface area contributed by atoms with Gasteiger partial charge >= 0.3 is 0 Å². The highest BCUT2D eigenvalue weighted by Gasteiger charge is 2.30. The van der Waals surface area contributed by atoms with Crippen molar-refractivity contribution in [3.05, 3.63) is 35.4 Å². The molecule has 1 aliphatic carbocycles. The summed E-state index contributed by atoms with van der Waals surface area (Å²) < 4.78 is 6.35. The number of rotatable bonds is 4. The van der Waals surface area contributed by atoms with E-state index in [4.69, 9.17) is 10.5 Å². The summed E-state index contributed by atoms with van der Waals surface area (Å²) in [6.07, 6.45) is 5.18. The SMILES string of the molecule is Cc1ccc(C(OC2CCC(C)(C)CC2)C(C)N)cc1. The summed E-state index contributed by atoms with van der Waals surface area (Å²) in [6, 6.07) is 8.59. The molecule has 0 bridgehead atoms. The number of benzene rings is 1. The summed E-state index contributed by atoms with van der Waals surface area (Å²) >= 11 is 0. The molecule has 2 N–H and O–H groups in total. The van der Waals surface area contributed by atoms with Gasteiger partial charge in [-0.3, -0.25) is 0 Å². The predicted octanol–water partition coefficient (Wildman–Crippen LogP) is 4.37. The molecular formula is C18H29NO. The van der Waals surface area contributed by atoms with Crippen LogP contribution in [0, 0.1) is 12.3 Å². The van der Waals surface area contributed by atoms with Crippen molar-refractivity contribution >= 4 is 0 Å². The van der Waals surface area contributed by atoms with Crippen molar-refractivity contribution in [1.29, 1.82) is 0 Å². The minimum Gasteiger partial charge on any atom is -0.369 e. The second kappa shape index (κ2) is 6.28. The van der Waals surface area contributed by atoms with Crippen molar-refractivity contribution in [3.63, 3.8) is 0 Å². The summed E-state index contributed by atoms with van der Waals surface area (Å²) in [5.41, 5.74) is 9.11. The molecule has 0 aromatic heterocycles. The number of ether oxygens (including phenoxy) is 1. The number of aryl methyl sites for hydroxylation is 1. The van der Waals surface area contributed by atoms with Gasteiger partial charge in [-0.05, 0) is 50.5 Å². The number of hydrogen-bond acceptors (Lipinski definition) is 2. The second-order valence-electron chi connectivity index (χ2n) is 7.19. The van der Waals surface area contributed by atoms with Gasteiger partial charge < -0.3 is 10.5 Å². The lowest BCUT2D eigenvalue weighted by Crippen LogP contribution is -2.33. The maximum atomic E-state index is 6.35. The molecule has 1 aromatic carbocycles. The summed E-state index contributed by atoms with van der Waals surface area (Å²) in [4.78, 5) is 0. The Labute approximate surface area is 123 Å². The molecule has 0 radical (unpaired) electrons. The van der Waals surface area contributed by atoms with Gasteiger partial charge in [-0.15, -0.1) is 0 Å². The first-order chi connectivity index (χ1) is 9.37. The molecule has 2 atom stereocenters. The molecule has 1 fully saturated rings. The molecule has 20 heavy (non-hydrogen) atoms. The summed E-state index contributed by atoms with van der Waals surface area (Å²) in [5.74, 6) is 0. The van der Waals surface area contributed by atoms with Gasteiger partial charge in [0.05, 0.1) is 12.2 Å². The highest BCUT2D eigenvalue weighted by atomic mass is 16.5. The van der Waals surface area contributed by atoms with Crippen LogP contribution in [0.5, 0.6) is 0 Å². The van der Waals surface area contributed by atoms with Crippen LogP contribution in [0.25, 0.3) is 0 Å². The number of nitrogens with two attached hydrogens (primary N) is 1. The zero-order chi connectivity index (χ0) is 14.8. The van der Waals surface area contributed by atoms with E-state index in [-0.39, 0.29) is 12.1 Å². The van der Waals surface area contributed by atoms with Crippen molar-refractivity contribution in [1.82, 2.24) is 0 Å². The van der Waals surface area contributed by atoms with Crippen LogP contribution in [0.2, 0.25) is 0 Å². The first kappa shape index (κ1) is 15.5. The molecule has 1 saturated carbocycles. The van der Waals surface area contributed by atoms with E-state index in [0.29, 0.717) is 11.5 Å². The monoisotopic (exact) mass is 275 g/mol. The van der Waals surface area contributed by atoms with E-state index < -0.39 is 0 Å². The van der Waals surface area contributed by atoms with Gasteiger partial charge in [-0.2, -0.15) is 0 Å². The Balaban J connectivity index is 2.02. The Morgan fingerprint density at radius 3 is 2.20 bits per heavy atom. The Hall–Kier alpha value is -0.860. The molecule has 112 valence electrons. The Morgan fingerprint density at radius 2 is 1.70 bits per heavy atom. The molecule has 0 saturated heterocycles. The van der Waals surface area contributed by atoms with Crippen LogP contribution in [0.15, 0.2) is 24.3 Å². The van der Waals surface area contributed by atoms with Crippen molar-refractivity contribution in [2.75, 3.05) is 0 Å². The molecule has 2 nitrogen and oxygen atoms in total. The van der Waals surface area contributed by atoms with Gasteiger partial charge in [0.15, 0.2) is 0 Å². The lowest BCUT2D eigenvalue weighted by Gasteiger charge is -2.36. The lowest BCUT2D eigenvalue weighted by atomic mass is 9.76. The average Bonchev–Trinajstić information content (AvgIpc) is 2.38. The lowest BCUT2D eigenvalue weighted by molar-refractivity contribution is -0.0548. The first-order valence-electron chi connectivity index (χ1n) is 7.85. The van der Waals surface area contributed by atoms with Crippen molar-refractivity contribution in [3.8, 4) is 0 Å². The topological polar surface area (TPSA) is 35.2 Å². The van der Waals surface area contributed by atoms with Crippen LogP contribution < -0.4 is 5.73 Å². The fourth-order valence-electron chi connectivity index (χ4n) is 2.98. The van der Waals surface area contributed by atoms with E-state index in [2.05, 4.69) is 45.0 Å². The number of hydrogen-bond donors (Lipinski definition) is 1. The van der Waals surface area contributed by atoms with Gasteiger partial charge in [0, 0.05) is 6.04 Å². The van der Waals surface area contributed by atoms with Crippen molar-refractivity contribution in [2.24, 2.45) is 11.1 Å². The average molecular weight is 275 g/mol. The summed E-state index contributed by atoms with van der Waals surface area (Å²) in [7, 11) is 0. The fraction of sp³-hybridized carbons (Fsp3) is 0.667. The van der Waals surface area contributed by atoms with E-state index in [1.807, 2.05) is 6.92 Å². The van der Waals surface area contributed by atoms with Crippen molar-refractivity contribution < 1.29 is 4.74 Å². The predicted molar refractivity (Wildman–Crippen MR) is 84.7 cm³/mol. The van der Waals surface area contributed by atoms with Crippen LogP contribution in [-0.2, 0) is 4.74 Å². The highest BCUT2D eigenvalue weighted by Crippen LogP contribution is 2.38. The van der Waals surface area contributed by atoms with E-state index >= 15 is 0 Å². The Bertz CT molecular complexity index is 412. The minimum atomic E-state index is 0.0156. The van der Waals surface area contributed by atoms with Crippen LogP contribution in [-0.4, -0.2) is 12.1 Å². The van der Waals surface area contributed by atoms with Crippen LogP contribution in [0.4, 0.5) is 0 Å². The molecule has 2 rings (SSSR count). The standard InChI is InChI=1S/C18H29NO/c1-13-5-7-15(8-6-13)17(14(2)19)20-16-9-11-18(3,4)12-10-16/h5-8,14,16-17H,9-12,19H2,1-4H3. The molecule has 0 amide bonds. The highest BCUT2D eigenvalue weighted by molar-refractivity contribution is 5.24. The van der Waals surface area contributed by atoms with Gasteiger partial charge in [-0.1, -0.05) is 43.7 Å². The van der Waals surface area contributed by atoms with E-state index in [1.54, 1.807) is 0 Å². The molecule has 1 aromatic rings. The molecular weight excluding hydrogens is 246 g/mol. The van der Waals surface area contributed by atoms with Gasteiger partial charge in [0.1, 0.15) is 0 Å². The summed E-state index contributed by atoms with van der Waals surface area (Å²) in [5, 5.41) is 0.